The fraction of sp³-hybridized carbons (Fsp3) is 0. The molecule has 0 aliphatic heterocycles. The van der Waals surface area contributed by atoms with Crippen molar-refractivity contribution < 1.29 is 19.5 Å². The number of nitrogens with zero attached hydrogens (tertiary/aromatic N) is 2. The topological polar surface area (TPSA) is 25.8 Å². The smallest absolute Gasteiger partial charge is 0.305 e. The van der Waals surface area contributed by atoms with E-state index in [0.29, 0.717) is 0 Å². The molecule has 0 radical (unpaired) electrons. The van der Waals surface area contributed by atoms with Gasteiger partial charge < -0.3 is 9.97 Å². The molecule has 0 saturated heterocycles. The molecular formula is C22H16N2Zn. The average molecular weight is 374 g/mol. The van der Waals surface area contributed by atoms with Crippen LogP contribution in [0.1, 0.15) is 0 Å². The van der Waals surface area contributed by atoms with Crippen LogP contribution in [0.25, 0.3) is 22.5 Å². The minimum absolute atomic E-state index is 0. The Balaban J connectivity index is 0.000000173. The Bertz CT molecular complexity index is 686. The van der Waals surface area contributed by atoms with Crippen LogP contribution < -0.4 is 0 Å². The van der Waals surface area contributed by atoms with E-state index in [0.717, 1.165) is 22.5 Å². The molecule has 0 aliphatic rings. The fourth-order valence-corrected chi connectivity index (χ4v) is 2.15. The van der Waals surface area contributed by atoms with Gasteiger partial charge in [0.2, 0.25) is 0 Å². The average Bonchev–Trinajstić information content (AvgIpc) is 2.71. The SMILES string of the molecule is [Zn+2].[c-]1ccccc1-c1ccccn1.[c-]1ccccc1-c1ccccn1. The van der Waals surface area contributed by atoms with E-state index < -0.39 is 0 Å². The second-order valence-electron chi connectivity index (χ2n) is 4.98. The van der Waals surface area contributed by atoms with Gasteiger partial charge in [0.15, 0.2) is 0 Å². The molecule has 4 aromatic rings. The summed E-state index contributed by atoms with van der Waals surface area (Å²) in [6.07, 6.45) is 3.58. The van der Waals surface area contributed by atoms with Gasteiger partial charge in [0, 0.05) is 12.4 Å². The molecule has 0 amide bonds. The molecule has 2 aromatic heterocycles. The summed E-state index contributed by atoms with van der Waals surface area (Å²) in [5.41, 5.74) is 4.02. The van der Waals surface area contributed by atoms with Gasteiger partial charge >= 0.3 is 19.5 Å². The molecule has 0 fully saturated rings. The normalized spacial score (nSPS) is 9.28. The summed E-state index contributed by atoms with van der Waals surface area (Å²) in [7, 11) is 0. The zero-order chi connectivity index (χ0) is 16.5. The molecule has 4 rings (SSSR count). The summed E-state index contributed by atoms with van der Waals surface area (Å²) in [6, 6.07) is 33.6. The quantitative estimate of drug-likeness (QED) is 0.361. The van der Waals surface area contributed by atoms with Crippen molar-refractivity contribution in [3.05, 3.63) is 109 Å². The summed E-state index contributed by atoms with van der Waals surface area (Å²) in [5.74, 6) is 0. The monoisotopic (exact) mass is 372 g/mol. The number of hydrogen-bond donors (Lipinski definition) is 0. The molecule has 0 saturated carbocycles. The first-order valence-electron chi connectivity index (χ1n) is 7.70. The Kier molecular flexibility index (Phi) is 7.68. The maximum absolute atomic E-state index is 4.22. The predicted octanol–water partition coefficient (Wildman–Crippen LogP) is 5.10. The van der Waals surface area contributed by atoms with Crippen LogP contribution in [0.15, 0.2) is 97.3 Å². The Hall–Kier alpha value is -2.64. The second kappa shape index (κ2) is 10.3. The molecule has 25 heavy (non-hydrogen) atoms. The standard InChI is InChI=1S/2C11H8N.Zn/c2*1-2-6-10(7-3-1)11-8-4-5-9-12-11;/h2*1-6,8-9H;/q2*-1;+2. The van der Waals surface area contributed by atoms with Crippen molar-refractivity contribution in [3.63, 3.8) is 0 Å². The van der Waals surface area contributed by atoms with E-state index in [-0.39, 0.29) is 19.5 Å². The van der Waals surface area contributed by atoms with Crippen LogP contribution in [-0.2, 0) is 19.5 Å². The molecule has 116 valence electrons. The third-order valence-corrected chi connectivity index (χ3v) is 3.30. The number of benzene rings is 2. The van der Waals surface area contributed by atoms with E-state index in [9.17, 15) is 0 Å². The van der Waals surface area contributed by atoms with Crippen LogP contribution in [0.4, 0.5) is 0 Å². The van der Waals surface area contributed by atoms with Crippen molar-refractivity contribution in [1.82, 2.24) is 9.97 Å². The van der Waals surface area contributed by atoms with Gasteiger partial charge in [-0.1, -0.05) is 24.3 Å². The minimum Gasteiger partial charge on any atom is -0.305 e. The van der Waals surface area contributed by atoms with Crippen molar-refractivity contribution in [2.45, 2.75) is 0 Å². The van der Waals surface area contributed by atoms with E-state index in [4.69, 9.17) is 0 Å². The minimum atomic E-state index is 0. The molecule has 0 N–H and O–H groups in total. The summed E-state index contributed by atoms with van der Waals surface area (Å²) < 4.78 is 0. The maximum atomic E-state index is 4.22. The Labute approximate surface area is 161 Å². The van der Waals surface area contributed by atoms with Crippen LogP contribution in [0.5, 0.6) is 0 Å². The first-order valence-corrected chi connectivity index (χ1v) is 7.70. The molecule has 0 spiro atoms. The molecule has 0 bridgehead atoms. The largest absolute Gasteiger partial charge is 2.00 e. The van der Waals surface area contributed by atoms with E-state index in [1.807, 2.05) is 84.9 Å². The Morgan fingerprint density at radius 1 is 0.520 bits per heavy atom. The van der Waals surface area contributed by atoms with Gasteiger partial charge in [-0.15, -0.1) is 71.8 Å². The number of aromatic nitrogens is 2. The van der Waals surface area contributed by atoms with Gasteiger partial charge in [-0.3, -0.25) is 0 Å². The van der Waals surface area contributed by atoms with E-state index >= 15 is 0 Å². The van der Waals surface area contributed by atoms with Crippen LogP contribution in [-0.4, -0.2) is 9.97 Å². The molecule has 0 unspecified atom stereocenters. The second-order valence-corrected chi connectivity index (χ2v) is 4.98. The molecule has 3 heteroatoms. The molecule has 2 nitrogen and oxygen atoms in total. The van der Waals surface area contributed by atoms with E-state index in [1.54, 1.807) is 12.4 Å². The van der Waals surface area contributed by atoms with Crippen LogP contribution >= 0.6 is 0 Å². The predicted molar refractivity (Wildman–Crippen MR) is 97.0 cm³/mol. The zero-order valence-corrected chi connectivity index (χ0v) is 16.8. The molecular weight excluding hydrogens is 358 g/mol. The third kappa shape index (κ3) is 5.74. The molecule has 2 aromatic carbocycles. The molecule has 2 heterocycles. The molecule has 0 atom stereocenters. The summed E-state index contributed by atoms with van der Waals surface area (Å²) in [6.45, 7) is 0. The zero-order valence-electron chi connectivity index (χ0n) is 13.8. The van der Waals surface area contributed by atoms with Crippen molar-refractivity contribution in [3.8, 4) is 22.5 Å². The van der Waals surface area contributed by atoms with Crippen molar-refractivity contribution in [2.75, 3.05) is 0 Å². The first kappa shape index (κ1) is 18.7. The van der Waals surface area contributed by atoms with Crippen molar-refractivity contribution >= 4 is 0 Å². The van der Waals surface area contributed by atoms with Gasteiger partial charge in [0.1, 0.15) is 0 Å². The number of rotatable bonds is 2. The summed E-state index contributed by atoms with van der Waals surface area (Å²) >= 11 is 0. The Morgan fingerprint density at radius 3 is 1.28 bits per heavy atom. The van der Waals surface area contributed by atoms with Gasteiger partial charge in [-0.25, -0.2) is 0 Å². The third-order valence-electron chi connectivity index (χ3n) is 3.30. The number of pyridine rings is 2. The van der Waals surface area contributed by atoms with Gasteiger partial charge in [0.05, 0.1) is 0 Å². The summed E-state index contributed by atoms with van der Waals surface area (Å²) in [5, 5.41) is 0. The van der Waals surface area contributed by atoms with Gasteiger partial charge in [0.25, 0.3) is 0 Å². The maximum Gasteiger partial charge on any atom is 2.00 e. The van der Waals surface area contributed by atoms with Crippen LogP contribution in [0.2, 0.25) is 0 Å². The fourth-order valence-electron chi connectivity index (χ4n) is 2.15. The van der Waals surface area contributed by atoms with E-state index in [1.165, 1.54) is 0 Å². The number of hydrogen-bond acceptors (Lipinski definition) is 2. The Morgan fingerprint density at radius 2 is 0.960 bits per heavy atom. The molecule has 0 aliphatic carbocycles. The van der Waals surface area contributed by atoms with Gasteiger partial charge in [-0.2, -0.15) is 0 Å². The van der Waals surface area contributed by atoms with Gasteiger partial charge in [-0.05, 0) is 23.5 Å². The van der Waals surface area contributed by atoms with Crippen LogP contribution in [0, 0.1) is 12.1 Å². The van der Waals surface area contributed by atoms with Crippen molar-refractivity contribution in [1.29, 1.82) is 0 Å². The van der Waals surface area contributed by atoms with Crippen LogP contribution in [0.3, 0.4) is 0 Å². The van der Waals surface area contributed by atoms with E-state index in [2.05, 4.69) is 22.1 Å². The summed E-state index contributed by atoms with van der Waals surface area (Å²) in [4.78, 5) is 8.44. The first-order chi connectivity index (χ1) is 11.9. The van der Waals surface area contributed by atoms with Crippen molar-refractivity contribution in [2.24, 2.45) is 0 Å².